The van der Waals surface area contributed by atoms with Crippen molar-refractivity contribution in [3.63, 3.8) is 0 Å². The van der Waals surface area contributed by atoms with Crippen LogP contribution in [-0.2, 0) is 9.53 Å². The molecule has 0 saturated carbocycles. The van der Waals surface area contributed by atoms with Crippen molar-refractivity contribution >= 4 is 17.8 Å². The predicted molar refractivity (Wildman–Crippen MR) is 91.2 cm³/mol. The van der Waals surface area contributed by atoms with Crippen molar-refractivity contribution in [2.75, 3.05) is 6.61 Å². The SMILES string of the molecule is Cc1ccc(C(=O)COC(=O)/C(C#N)=C\c2ccccc2)cc1C. The highest BCUT2D eigenvalue weighted by Crippen LogP contribution is 2.11. The molecular formula is C20H17NO3. The summed E-state index contributed by atoms with van der Waals surface area (Å²) in [7, 11) is 0. The molecule has 0 N–H and O–H groups in total. The van der Waals surface area contributed by atoms with E-state index >= 15 is 0 Å². The summed E-state index contributed by atoms with van der Waals surface area (Å²) in [6.45, 7) is 3.47. The lowest BCUT2D eigenvalue weighted by molar-refractivity contribution is -0.137. The molecule has 0 saturated heterocycles. The topological polar surface area (TPSA) is 67.2 Å². The normalized spacial score (nSPS) is 10.8. The zero-order chi connectivity index (χ0) is 17.5. The van der Waals surface area contributed by atoms with Crippen LogP contribution in [0.4, 0.5) is 0 Å². The van der Waals surface area contributed by atoms with Gasteiger partial charge in [0.15, 0.2) is 12.4 Å². The number of nitrogens with zero attached hydrogens (tertiary/aromatic N) is 1. The van der Waals surface area contributed by atoms with Crippen LogP contribution < -0.4 is 0 Å². The van der Waals surface area contributed by atoms with E-state index in [1.807, 2.05) is 26.0 Å². The number of Topliss-reactive ketones (excluding diaryl/α,β-unsaturated/α-hetero) is 1. The van der Waals surface area contributed by atoms with E-state index in [9.17, 15) is 9.59 Å². The third-order valence-corrected chi connectivity index (χ3v) is 3.61. The molecule has 0 atom stereocenters. The maximum Gasteiger partial charge on any atom is 0.349 e. The molecule has 4 heteroatoms. The van der Waals surface area contributed by atoms with Gasteiger partial charge in [-0.15, -0.1) is 0 Å². The van der Waals surface area contributed by atoms with Gasteiger partial charge in [0.25, 0.3) is 0 Å². The highest BCUT2D eigenvalue weighted by molar-refractivity contribution is 6.02. The molecule has 0 fully saturated rings. The third-order valence-electron chi connectivity index (χ3n) is 3.61. The van der Waals surface area contributed by atoms with Crippen molar-refractivity contribution in [2.24, 2.45) is 0 Å². The molecule has 0 aliphatic carbocycles. The Morgan fingerprint density at radius 3 is 2.42 bits per heavy atom. The van der Waals surface area contributed by atoms with Crippen molar-refractivity contribution < 1.29 is 14.3 Å². The maximum absolute atomic E-state index is 12.1. The first kappa shape index (κ1) is 17.2. The molecule has 0 amide bonds. The number of rotatable bonds is 5. The Bertz CT molecular complexity index is 830. The van der Waals surface area contributed by atoms with Crippen LogP contribution >= 0.6 is 0 Å². The number of carbonyl (C=O) groups excluding carboxylic acids is 2. The van der Waals surface area contributed by atoms with E-state index in [0.717, 1.165) is 11.1 Å². The van der Waals surface area contributed by atoms with Gasteiger partial charge in [0, 0.05) is 5.56 Å². The monoisotopic (exact) mass is 319 g/mol. The Morgan fingerprint density at radius 1 is 1.08 bits per heavy atom. The lowest BCUT2D eigenvalue weighted by atomic mass is 10.0. The standard InChI is InChI=1S/C20H17NO3/c1-14-8-9-17(10-15(14)2)19(22)13-24-20(23)18(12-21)11-16-6-4-3-5-7-16/h3-11H,13H2,1-2H3/b18-11-. The Kier molecular flexibility index (Phi) is 5.64. The molecule has 4 nitrogen and oxygen atoms in total. The lowest BCUT2D eigenvalue weighted by Gasteiger charge is -2.06. The van der Waals surface area contributed by atoms with Crippen LogP contribution in [0, 0.1) is 25.2 Å². The van der Waals surface area contributed by atoms with E-state index in [1.54, 1.807) is 42.5 Å². The van der Waals surface area contributed by atoms with E-state index < -0.39 is 12.6 Å². The second-order valence-electron chi connectivity index (χ2n) is 5.38. The lowest BCUT2D eigenvalue weighted by Crippen LogP contribution is -2.15. The smallest absolute Gasteiger partial charge is 0.349 e. The van der Waals surface area contributed by atoms with Gasteiger partial charge >= 0.3 is 5.97 Å². The molecule has 0 aliphatic heterocycles. The molecule has 0 spiro atoms. The quantitative estimate of drug-likeness (QED) is 0.365. The average Bonchev–Trinajstić information content (AvgIpc) is 2.60. The van der Waals surface area contributed by atoms with Crippen LogP contribution in [0.1, 0.15) is 27.0 Å². The van der Waals surface area contributed by atoms with Crippen molar-refractivity contribution in [1.29, 1.82) is 5.26 Å². The van der Waals surface area contributed by atoms with Gasteiger partial charge in [0.2, 0.25) is 0 Å². The van der Waals surface area contributed by atoms with E-state index in [1.165, 1.54) is 6.08 Å². The number of nitriles is 1. The Morgan fingerprint density at radius 2 is 1.79 bits per heavy atom. The number of ether oxygens (including phenoxy) is 1. The molecule has 24 heavy (non-hydrogen) atoms. The van der Waals surface area contributed by atoms with Gasteiger partial charge in [0.05, 0.1) is 0 Å². The van der Waals surface area contributed by atoms with Crippen molar-refractivity contribution in [1.82, 2.24) is 0 Å². The largest absolute Gasteiger partial charge is 0.453 e. The van der Waals surface area contributed by atoms with E-state index in [-0.39, 0.29) is 11.4 Å². The van der Waals surface area contributed by atoms with Gasteiger partial charge in [-0.05, 0) is 42.7 Å². The molecule has 2 rings (SSSR count). The summed E-state index contributed by atoms with van der Waals surface area (Å²) in [5.74, 6) is -1.11. The molecule has 0 aliphatic rings. The van der Waals surface area contributed by atoms with Gasteiger partial charge in [-0.2, -0.15) is 5.26 Å². The predicted octanol–water partition coefficient (Wildman–Crippen LogP) is 3.64. The van der Waals surface area contributed by atoms with Crippen LogP contribution in [0.5, 0.6) is 0 Å². The number of aryl methyl sites for hydroxylation is 2. The average molecular weight is 319 g/mol. The van der Waals surface area contributed by atoms with Crippen LogP contribution in [0.25, 0.3) is 6.08 Å². The zero-order valence-electron chi connectivity index (χ0n) is 13.6. The Balaban J connectivity index is 2.03. The summed E-state index contributed by atoms with van der Waals surface area (Å²) in [6.07, 6.45) is 1.43. The number of hydrogen-bond acceptors (Lipinski definition) is 4. The molecule has 0 radical (unpaired) electrons. The van der Waals surface area contributed by atoms with Gasteiger partial charge < -0.3 is 4.74 Å². The van der Waals surface area contributed by atoms with Crippen molar-refractivity contribution in [3.8, 4) is 6.07 Å². The van der Waals surface area contributed by atoms with Crippen LogP contribution in [0.2, 0.25) is 0 Å². The van der Waals surface area contributed by atoms with Crippen molar-refractivity contribution in [3.05, 3.63) is 76.4 Å². The second kappa shape index (κ2) is 7.89. The number of benzene rings is 2. The first-order valence-corrected chi connectivity index (χ1v) is 7.45. The van der Waals surface area contributed by atoms with Crippen LogP contribution in [-0.4, -0.2) is 18.4 Å². The summed E-state index contributed by atoms with van der Waals surface area (Å²) >= 11 is 0. The van der Waals surface area contributed by atoms with E-state index in [4.69, 9.17) is 10.00 Å². The summed E-state index contributed by atoms with van der Waals surface area (Å²) in [6, 6.07) is 16.1. The van der Waals surface area contributed by atoms with Gasteiger partial charge in [-0.3, -0.25) is 4.79 Å². The number of esters is 1. The van der Waals surface area contributed by atoms with Crippen molar-refractivity contribution in [2.45, 2.75) is 13.8 Å². The number of hydrogen-bond donors (Lipinski definition) is 0. The van der Waals surface area contributed by atoms with E-state index in [0.29, 0.717) is 11.1 Å². The molecule has 0 unspecified atom stereocenters. The third kappa shape index (κ3) is 4.40. The van der Waals surface area contributed by atoms with Gasteiger partial charge in [0.1, 0.15) is 11.6 Å². The summed E-state index contributed by atoms with van der Waals surface area (Å²) in [5.41, 5.74) is 3.13. The zero-order valence-corrected chi connectivity index (χ0v) is 13.6. The fourth-order valence-corrected chi connectivity index (χ4v) is 2.06. The fourth-order valence-electron chi connectivity index (χ4n) is 2.06. The Hall–Kier alpha value is -3.19. The van der Waals surface area contributed by atoms with E-state index in [2.05, 4.69) is 0 Å². The second-order valence-corrected chi connectivity index (χ2v) is 5.38. The molecule has 0 aromatic heterocycles. The fraction of sp³-hybridized carbons (Fsp3) is 0.150. The number of ketones is 1. The summed E-state index contributed by atoms with van der Waals surface area (Å²) in [5, 5.41) is 9.10. The highest BCUT2D eigenvalue weighted by atomic mass is 16.5. The minimum Gasteiger partial charge on any atom is -0.453 e. The van der Waals surface area contributed by atoms with Gasteiger partial charge in [-0.25, -0.2) is 4.79 Å². The number of carbonyl (C=O) groups is 2. The summed E-state index contributed by atoms with van der Waals surface area (Å²) in [4.78, 5) is 24.1. The Labute approximate surface area is 141 Å². The maximum atomic E-state index is 12.1. The molecule has 120 valence electrons. The first-order valence-electron chi connectivity index (χ1n) is 7.45. The van der Waals surface area contributed by atoms with Gasteiger partial charge in [-0.1, -0.05) is 42.5 Å². The van der Waals surface area contributed by atoms with Crippen LogP contribution in [0.3, 0.4) is 0 Å². The minimum absolute atomic E-state index is 0.144. The molecular weight excluding hydrogens is 302 g/mol. The molecule has 2 aromatic rings. The van der Waals surface area contributed by atoms with Crippen LogP contribution in [0.15, 0.2) is 54.1 Å². The first-order chi connectivity index (χ1) is 11.5. The highest BCUT2D eigenvalue weighted by Gasteiger charge is 2.14. The minimum atomic E-state index is -0.807. The summed E-state index contributed by atoms with van der Waals surface area (Å²) < 4.78 is 4.97. The molecule has 0 bridgehead atoms. The molecule has 0 heterocycles. The molecule has 2 aromatic carbocycles.